The first-order chi connectivity index (χ1) is 10.4. The molecule has 0 bridgehead atoms. The van der Waals surface area contributed by atoms with Crippen LogP contribution in [0.2, 0.25) is 5.15 Å². The molecule has 0 aliphatic carbocycles. The van der Waals surface area contributed by atoms with E-state index in [1.165, 1.54) is 11.9 Å². The fourth-order valence-corrected chi connectivity index (χ4v) is 3.77. The number of sulfonamides is 1. The van der Waals surface area contributed by atoms with E-state index in [4.69, 9.17) is 11.6 Å². The fraction of sp³-hybridized carbons (Fsp3) is 0.400. The molecule has 5 nitrogen and oxygen atoms in total. The Balaban J connectivity index is 1.88. The van der Waals surface area contributed by atoms with Gasteiger partial charge in [0.1, 0.15) is 5.15 Å². The summed E-state index contributed by atoms with van der Waals surface area (Å²) in [6.45, 7) is 1.88. The van der Waals surface area contributed by atoms with E-state index in [0.717, 1.165) is 12.8 Å². The van der Waals surface area contributed by atoms with Gasteiger partial charge in [-0.3, -0.25) is 0 Å². The predicted octanol–water partition coefficient (Wildman–Crippen LogP) is 2.51. The summed E-state index contributed by atoms with van der Waals surface area (Å²) in [6.07, 6.45) is 5.04. The van der Waals surface area contributed by atoms with Gasteiger partial charge in [0, 0.05) is 31.2 Å². The van der Waals surface area contributed by atoms with E-state index in [9.17, 15) is 8.42 Å². The Hall–Kier alpha value is -1.37. The zero-order chi connectivity index (χ0) is 16.2. The van der Waals surface area contributed by atoms with E-state index in [0.29, 0.717) is 10.7 Å². The van der Waals surface area contributed by atoms with Gasteiger partial charge in [0.15, 0.2) is 0 Å². The van der Waals surface area contributed by atoms with Gasteiger partial charge < -0.3 is 4.57 Å². The second-order valence-electron chi connectivity index (χ2n) is 5.42. The molecular weight excluding hydrogens is 322 g/mol. The van der Waals surface area contributed by atoms with Crippen molar-refractivity contribution in [1.82, 2.24) is 14.3 Å². The fourth-order valence-electron chi connectivity index (χ4n) is 2.24. The molecule has 0 amide bonds. The highest BCUT2D eigenvalue weighted by atomic mass is 35.5. The number of hydrogen-bond acceptors (Lipinski definition) is 3. The Kier molecular flexibility index (Phi) is 5.61. The Morgan fingerprint density at radius 3 is 2.73 bits per heavy atom. The Labute approximate surface area is 136 Å². The summed E-state index contributed by atoms with van der Waals surface area (Å²) in [5, 5.41) is 0.352. The Morgan fingerprint density at radius 1 is 1.36 bits per heavy atom. The van der Waals surface area contributed by atoms with Crippen molar-refractivity contribution in [2.75, 3.05) is 0 Å². The van der Waals surface area contributed by atoms with Gasteiger partial charge in [-0.2, -0.15) is 0 Å². The number of rotatable bonds is 7. The van der Waals surface area contributed by atoms with Crippen molar-refractivity contribution < 1.29 is 8.42 Å². The molecule has 120 valence electrons. The van der Waals surface area contributed by atoms with Crippen LogP contribution in [0.1, 0.15) is 24.6 Å². The van der Waals surface area contributed by atoms with E-state index in [1.54, 1.807) is 12.1 Å². The molecule has 7 heteroatoms. The third kappa shape index (κ3) is 5.12. The van der Waals surface area contributed by atoms with Gasteiger partial charge in [-0.15, -0.1) is 0 Å². The quantitative estimate of drug-likeness (QED) is 0.787. The summed E-state index contributed by atoms with van der Waals surface area (Å²) in [6, 6.07) is 7.16. The summed E-state index contributed by atoms with van der Waals surface area (Å²) in [4.78, 5) is 3.89. The lowest BCUT2D eigenvalue weighted by Crippen LogP contribution is -2.34. The van der Waals surface area contributed by atoms with Crippen LogP contribution in [0.4, 0.5) is 0 Å². The summed E-state index contributed by atoms with van der Waals surface area (Å²) < 4.78 is 29.0. The van der Waals surface area contributed by atoms with Crippen LogP contribution < -0.4 is 4.72 Å². The lowest BCUT2D eigenvalue weighted by molar-refractivity contribution is 0.542. The normalized spacial score (nSPS) is 13.2. The van der Waals surface area contributed by atoms with Crippen LogP contribution in [0, 0.1) is 0 Å². The first-order valence-electron chi connectivity index (χ1n) is 7.06. The molecule has 0 aliphatic rings. The maximum atomic E-state index is 12.1. The van der Waals surface area contributed by atoms with Crippen molar-refractivity contribution in [1.29, 1.82) is 0 Å². The average Bonchev–Trinajstić information content (AvgIpc) is 2.84. The van der Waals surface area contributed by atoms with Crippen molar-refractivity contribution >= 4 is 21.6 Å². The summed E-state index contributed by atoms with van der Waals surface area (Å²) >= 11 is 5.69. The third-order valence-corrected chi connectivity index (χ3v) is 5.11. The van der Waals surface area contributed by atoms with Crippen LogP contribution in [0.5, 0.6) is 0 Å². The minimum absolute atomic E-state index is 0.0916. The monoisotopic (exact) mass is 341 g/mol. The second kappa shape index (κ2) is 7.26. The van der Waals surface area contributed by atoms with Gasteiger partial charge in [0.25, 0.3) is 0 Å². The average molecular weight is 342 g/mol. The number of aromatic nitrogens is 2. The number of nitrogens with one attached hydrogen (secondary N) is 1. The molecule has 2 aromatic rings. The van der Waals surface area contributed by atoms with Gasteiger partial charge in [-0.25, -0.2) is 18.1 Å². The van der Waals surface area contributed by atoms with Crippen molar-refractivity contribution in [3.05, 3.63) is 53.1 Å². The molecule has 0 saturated carbocycles. The first kappa shape index (κ1) is 17.0. The molecule has 0 radical (unpaired) electrons. The molecule has 0 aromatic carbocycles. The molecule has 0 aliphatic heterocycles. The van der Waals surface area contributed by atoms with E-state index < -0.39 is 10.0 Å². The van der Waals surface area contributed by atoms with Crippen LogP contribution in [-0.4, -0.2) is 24.0 Å². The molecule has 2 heterocycles. The maximum Gasteiger partial charge on any atom is 0.216 e. The number of pyridine rings is 1. The van der Waals surface area contributed by atoms with Gasteiger partial charge in [0.2, 0.25) is 10.0 Å². The van der Waals surface area contributed by atoms with Crippen LogP contribution >= 0.6 is 11.6 Å². The molecule has 2 aromatic heterocycles. The number of halogens is 1. The van der Waals surface area contributed by atoms with Crippen molar-refractivity contribution in [2.45, 2.75) is 31.6 Å². The van der Waals surface area contributed by atoms with Crippen molar-refractivity contribution in [3.8, 4) is 0 Å². The molecule has 0 saturated heterocycles. The lowest BCUT2D eigenvalue weighted by Gasteiger charge is -2.14. The summed E-state index contributed by atoms with van der Waals surface area (Å²) in [7, 11) is -1.40. The van der Waals surface area contributed by atoms with E-state index in [2.05, 4.69) is 9.71 Å². The summed E-state index contributed by atoms with van der Waals surface area (Å²) in [5.41, 5.74) is 1.81. The molecular formula is C15H20ClN3O2S. The summed E-state index contributed by atoms with van der Waals surface area (Å²) in [5.74, 6) is -0.0916. The van der Waals surface area contributed by atoms with Crippen LogP contribution in [0.15, 0.2) is 36.7 Å². The molecule has 1 N–H and O–H groups in total. The molecule has 0 spiro atoms. The predicted molar refractivity (Wildman–Crippen MR) is 88.2 cm³/mol. The zero-order valence-electron chi connectivity index (χ0n) is 12.7. The Bertz CT molecular complexity index is 711. The van der Waals surface area contributed by atoms with Crippen LogP contribution in [0.3, 0.4) is 0 Å². The smallest absolute Gasteiger partial charge is 0.216 e. The highest BCUT2D eigenvalue weighted by Gasteiger charge is 2.16. The minimum Gasteiger partial charge on any atom is -0.354 e. The van der Waals surface area contributed by atoms with Gasteiger partial charge in [-0.1, -0.05) is 17.7 Å². The zero-order valence-corrected chi connectivity index (χ0v) is 14.2. The van der Waals surface area contributed by atoms with Gasteiger partial charge >= 0.3 is 0 Å². The Morgan fingerprint density at radius 2 is 2.14 bits per heavy atom. The van der Waals surface area contributed by atoms with Crippen molar-refractivity contribution in [3.63, 3.8) is 0 Å². The first-order valence-corrected chi connectivity index (χ1v) is 9.09. The molecule has 0 unspecified atom stereocenters. The van der Waals surface area contributed by atoms with Crippen LogP contribution in [-0.2, 0) is 29.2 Å². The second-order valence-corrected chi connectivity index (χ2v) is 7.56. The molecule has 0 fully saturated rings. The molecule has 22 heavy (non-hydrogen) atoms. The SMILES string of the molecule is C[C@H](CCc1cccn1C)NS(=O)(=O)Cc1ccc(Cl)nc1. The number of nitrogens with zero attached hydrogens (tertiary/aromatic N) is 2. The number of hydrogen-bond donors (Lipinski definition) is 1. The van der Waals surface area contributed by atoms with E-state index in [1.807, 2.05) is 36.9 Å². The standard InChI is InChI=1S/C15H20ClN3O2S/c1-12(5-7-14-4-3-9-19(14)2)18-22(20,21)11-13-6-8-15(16)17-10-13/h3-4,6,8-10,12,18H,5,7,11H2,1-2H3/t12-/m1/s1. The topological polar surface area (TPSA) is 64.0 Å². The maximum absolute atomic E-state index is 12.1. The minimum atomic E-state index is -3.39. The van der Waals surface area contributed by atoms with E-state index >= 15 is 0 Å². The number of aryl methyl sites for hydroxylation is 2. The highest BCUT2D eigenvalue weighted by molar-refractivity contribution is 7.88. The molecule has 2 rings (SSSR count). The van der Waals surface area contributed by atoms with E-state index in [-0.39, 0.29) is 11.8 Å². The van der Waals surface area contributed by atoms with Gasteiger partial charge in [-0.05, 0) is 43.5 Å². The third-order valence-electron chi connectivity index (χ3n) is 3.41. The highest BCUT2D eigenvalue weighted by Crippen LogP contribution is 2.10. The van der Waals surface area contributed by atoms with Crippen LogP contribution in [0.25, 0.3) is 0 Å². The van der Waals surface area contributed by atoms with Crippen molar-refractivity contribution in [2.24, 2.45) is 7.05 Å². The largest absolute Gasteiger partial charge is 0.354 e. The molecule has 1 atom stereocenters. The lowest BCUT2D eigenvalue weighted by atomic mass is 10.1. The van der Waals surface area contributed by atoms with Gasteiger partial charge in [0.05, 0.1) is 5.75 Å².